The summed E-state index contributed by atoms with van der Waals surface area (Å²) >= 11 is 0. The van der Waals surface area contributed by atoms with Gasteiger partial charge in [-0.25, -0.2) is 4.79 Å². The summed E-state index contributed by atoms with van der Waals surface area (Å²) < 4.78 is 10.6. The average molecular weight is 447 g/mol. The molecule has 1 spiro atoms. The van der Waals surface area contributed by atoms with Crippen molar-refractivity contribution in [2.45, 2.75) is 64.1 Å². The number of rotatable bonds is 9. The number of hydrogen-bond donors (Lipinski definition) is 2. The molecule has 0 aliphatic carbocycles. The van der Waals surface area contributed by atoms with Gasteiger partial charge in [0.1, 0.15) is 12.1 Å². The van der Waals surface area contributed by atoms with Crippen molar-refractivity contribution in [3.05, 3.63) is 35.9 Å². The number of hydrogen-bond acceptors (Lipinski definition) is 6. The number of esters is 1. The number of aryl methyl sites for hydroxylation is 1. The van der Waals surface area contributed by atoms with Gasteiger partial charge in [-0.1, -0.05) is 30.3 Å². The van der Waals surface area contributed by atoms with Crippen LogP contribution in [0.15, 0.2) is 30.3 Å². The normalized spacial score (nSPS) is 21.8. The molecule has 1 aromatic rings. The highest BCUT2D eigenvalue weighted by Crippen LogP contribution is 2.45. The van der Waals surface area contributed by atoms with Crippen LogP contribution in [0.3, 0.4) is 0 Å². The Hall–Kier alpha value is -2.45. The van der Waals surface area contributed by atoms with Crippen molar-refractivity contribution in [3.63, 3.8) is 0 Å². The van der Waals surface area contributed by atoms with Gasteiger partial charge >= 0.3 is 11.9 Å². The maximum Gasteiger partial charge on any atom is 0.327 e. The number of benzene rings is 1. The Kier molecular flexibility index (Phi) is 8.26. The average Bonchev–Trinajstić information content (AvgIpc) is 3.15. The smallest absolute Gasteiger partial charge is 0.327 e. The van der Waals surface area contributed by atoms with Crippen LogP contribution in [-0.2, 0) is 30.3 Å². The first-order valence-corrected chi connectivity index (χ1v) is 11.5. The third-order valence-corrected chi connectivity index (χ3v) is 6.71. The van der Waals surface area contributed by atoms with E-state index >= 15 is 0 Å². The fourth-order valence-corrected chi connectivity index (χ4v) is 4.96. The number of likely N-dealkylation sites (tertiary alicyclic amines) is 1. The van der Waals surface area contributed by atoms with E-state index in [1.165, 1.54) is 4.90 Å². The summed E-state index contributed by atoms with van der Waals surface area (Å²) in [5.41, 5.74) is 0.655. The first-order chi connectivity index (χ1) is 15.4. The predicted octanol–water partition coefficient (Wildman–Crippen LogP) is 2.01. The molecule has 1 unspecified atom stereocenters. The monoisotopic (exact) mass is 446 g/mol. The molecule has 2 aliphatic heterocycles. The Morgan fingerprint density at radius 1 is 1.22 bits per heavy atom. The minimum absolute atomic E-state index is 0.252. The van der Waals surface area contributed by atoms with Gasteiger partial charge in [-0.2, -0.15) is 0 Å². The number of aliphatic carboxylic acids is 1. The Labute approximate surface area is 189 Å². The number of nitrogens with zero attached hydrogens (tertiary/aromatic N) is 1. The molecule has 0 aromatic heterocycles. The zero-order valence-electron chi connectivity index (χ0n) is 18.9. The van der Waals surface area contributed by atoms with Crippen molar-refractivity contribution in [1.82, 2.24) is 10.2 Å². The van der Waals surface area contributed by atoms with E-state index in [-0.39, 0.29) is 12.5 Å². The lowest BCUT2D eigenvalue weighted by Crippen LogP contribution is -2.56. The standard InChI is InChI=1S/C24H34N2O6/c1-3-32-23(30)19(10-9-18-7-5-4-6-8-18)25-17(2)21(27)26-14-11-24(20(26)22(28)29)12-15-31-16-13-24/h4-8,17,19-20,25H,3,9-16H2,1-2H3,(H,28,29)/t17?,19-,20+/m0/s1. The van der Waals surface area contributed by atoms with Gasteiger partial charge in [-0.15, -0.1) is 0 Å². The minimum atomic E-state index is -0.976. The number of ether oxygens (including phenoxy) is 2. The van der Waals surface area contributed by atoms with Gasteiger partial charge in [-0.05, 0) is 51.5 Å². The predicted molar refractivity (Wildman–Crippen MR) is 118 cm³/mol. The molecular weight excluding hydrogens is 412 g/mol. The van der Waals surface area contributed by atoms with Crippen molar-refractivity contribution in [2.24, 2.45) is 5.41 Å². The third-order valence-electron chi connectivity index (χ3n) is 6.71. The lowest BCUT2D eigenvalue weighted by atomic mass is 9.74. The maximum absolute atomic E-state index is 13.3. The number of carboxylic acid groups (broad SMARTS) is 1. The summed E-state index contributed by atoms with van der Waals surface area (Å²) in [6.45, 7) is 5.12. The third kappa shape index (κ3) is 5.48. The molecule has 2 N–H and O–H groups in total. The van der Waals surface area contributed by atoms with Crippen LogP contribution in [-0.4, -0.2) is 72.3 Å². The second kappa shape index (κ2) is 10.9. The molecule has 2 heterocycles. The fourth-order valence-electron chi connectivity index (χ4n) is 4.96. The molecule has 2 aliphatic rings. The zero-order chi connectivity index (χ0) is 23.1. The van der Waals surface area contributed by atoms with E-state index in [1.54, 1.807) is 13.8 Å². The molecule has 0 radical (unpaired) electrons. The zero-order valence-corrected chi connectivity index (χ0v) is 18.9. The van der Waals surface area contributed by atoms with Crippen molar-refractivity contribution in [2.75, 3.05) is 26.4 Å². The minimum Gasteiger partial charge on any atom is -0.480 e. The molecule has 1 amide bonds. The molecule has 3 atom stereocenters. The summed E-state index contributed by atoms with van der Waals surface area (Å²) in [6, 6.07) is 7.57. The summed E-state index contributed by atoms with van der Waals surface area (Å²) in [4.78, 5) is 39.5. The molecule has 8 heteroatoms. The summed E-state index contributed by atoms with van der Waals surface area (Å²) in [6.07, 6.45) is 3.06. The van der Waals surface area contributed by atoms with E-state index in [9.17, 15) is 19.5 Å². The Balaban J connectivity index is 1.69. The van der Waals surface area contributed by atoms with Crippen molar-refractivity contribution in [3.8, 4) is 0 Å². The number of carboxylic acids is 1. The van der Waals surface area contributed by atoms with Crippen LogP contribution in [0.4, 0.5) is 0 Å². The highest BCUT2D eigenvalue weighted by atomic mass is 16.5. The molecule has 2 fully saturated rings. The van der Waals surface area contributed by atoms with E-state index in [1.807, 2.05) is 30.3 Å². The second-order valence-corrected chi connectivity index (χ2v) is 8.71. The van der Waals surface area contributed by atoms with E-state index in [0.717, 1.165) is 5.56 Å². The first kappa shape index (κ1) is 24.2. The molecule has 1 aromatic carbocycles. The molecule has 8 nitrogen and oxygen atoms in total. The van der Waals surface area contributed by atoms with E-state index in [4.69, 9.17) is 9.47 Å². The van der Waals surface area contributed by atoms with Crippen LogP contribution in [0.1, 0.15) is 45.1 Å². The molecule has 32 heavy (non-hydrogen) atoms. The Morgan fingerprint density at radius 2 is 1.91 bits per heavy atom. The molecule has 2 saturated heterocycles. The second-order valence-electron chi connectivity index (χ2n) is 8.71. The van der Waals surface area contributed by atoms with E-state index in [2.05, 4.69) is 5.32 Å². The van der Waals surface area contributed by atoms with E-state index < -0.39 is 35.5 Å². The van der Waals surface area contributed by atoms with Crippen LogP contribution in [0, 0.1) is 5.41 Å². The molecule has 176 valence electrons. The maximum atomic E-state index is 13.3. The summed E-state index contributed by atoms with van der Waals surface area (Å²) in [7, 11) is 0. The lowest BCUT2D eigenvalue weighted by molar-refractivity contribution is -0.155. The SMILES string of the molecule is CCOC(=O)[C@H](CCc1ccccc1)NC(C)C(=O)N1CCC2(CCOCC2)[C@H]1C(=O)O. The van der Waals surface area contributed by atoms with Gasteiger partial charge in [0.25, 0.3) is 0 Å². The first-order valence-electron chi connectivity index (χ1n) is 11.5. The number of nitrogens with one attached hydrogen (secondary N) is 1. The van der Waals surface area contributed by atoms with Gasteiger partial charge in [0.05, 0.1) is 12.6 Å². The number of carbonyl (C=O) groups excluding carboxylic acids is 2. The Morgan fingerprint density at radius 3 is 2.53 bits per heavy atom. The van der Waals surface area contributed by atoms with Crippen molar-refractivity contribution >= 4 is 17.8 Å². The summed E-state index contributed by atoms with van der Waals surface area (Å²) in [5.74, 6) is -1.68. The molecule has 0 bridgehead atoms. The molecule has 3 rings (SSSR count). The van der Waals surface area contributed by atoms with Crippen LogP contribution < -0.4 is 5.32 Å². The van der Waals surface area contributed by atoms with E-state index in [0.29, 0.717) is 51.9 Å². The van der Waals surface area contributed by atoms with Crippen LogP contribution >= 0.6 is 0 Å². The van der Waals surface area contributed by atoms with Gasteiger partial charge < -0.3 is 19.5 Å². The summed E-state index contributed by atoms with van der Waals surface area (Å²) in [5, 5.41) is 13.1. The quantitative estimate of drug-likeness (QED) is 0.559. The lowest BCUT2D eigenvalue weighted by Gasteiger charge is -2.38. The van der Waals surface area contributed by atoms with Crippen LogP contribution in [0.5, 0.6) is 0 Å². The van der Waals surface area contributed by atoms with Crippen molar-refractivity contribution < 1.29 is 29.0 Å². The number of carbonyl (C=O) groups is 3. The van der Waals surface area contributed by atoms with Gasteiger partial charge in [0.2, 0.25) is 5.91 Å². The van der Waals surface area contributed by atoms with Crippen molar-refractivity contribution in [1.29, 1.82) is 0 Å². The van der Waals surface area contributed by atoms with Gasteiger partial charge in [0.15, 0.2) is 0 Å². The topological polar surface area (TPSA) is 105 Å². The Bertz CT molecular complexity index is 793. The fraction of sp³-hybridized carbons (Fsp3) is 0.625. The number of amides is 1. The highest BCUT2D eigenvalue weighted by molar-refractivity contribution is 5.88. The van der Waals surface area contributed by atoms with Gasteiger partial charge in [0, 0.05) is 25.2 Å². The highest BCUT2D eigenvalue weighted by Gasteiger charge is 2.53. The van der Waals surface area contributed by atoms with Gasteiger partial charge in [-0.3, -0.25) is 14.9 Å². The molecular formula is C24H34N2O6. The van der Waals surface area contributed by atoms with Crippen LogP contribution in [0.2, 0.25) is 0 Å². The largest absolute Gasteiger partial charge is 0.480 e. The molecule has 0 saturated carbocycles. The van der Waals surface area contributed by atoms with Crippen LogP contribution in [0.25, 0.3) is 0 Å².